The third kappa shape index (κ3) is 6.69. The largest absolute Gasteiger partial charge is 0.380 e. The predicted molar refractivity (Wildman–Crippen MR) is 71.4 cm³/mol. The van der Waals surface area contributed by atoms with Gasteiger partial charge in [0.2, 0.25) is 0 Å². The molecular formula is C12H27ClN2O. The van der Waals surface area contributed by atoms with Crippen LogP contribution in [0, 0.1) is 5.92 Å². The molecule has 1 aliphatic rings. The molecule has 1 N–H and O–H groups in total. The molecule has 4 heteroatoms. The fourth-order valence-corrected chi connectivity index (χ4v) is 1.96. The maximum atomic E-state index is 5.60. The Balaban J connectivity index is 0.00000225. The zero-order valence-electron chi connectivity index (χ0n) is 10.9. The van der Waals surface area contributed by atoms with Crippen LogP contribution in [0.5, 0.6) is 0 Å². The minimum absolute atomic E-state index is 0. The summed E-state index contributed by atoms with van der Waals surface area (Å²) >= 11 is 0. The van der Waals surface area contributed by atoms with Crippen molar-refractivity contribution in [1.29, 1.82) is 0 Å². The molecule has 1 fully saturated rings. The lowest BCUT2D eigenvalue weighted by Gasteiger charge is -2.31. The number of rotatable bonds is 6. The lowest BCUT2D eigenvalue weighted by atomic mass is 10.1. The lowest BCUT2D eigenvalue weighted by Crippen LogP contribution is -2.42. The molecule has 0 aliphatic carbocycles. The van der Waals surface area contributed by atoms with Crippen LogP contribution in [0.25, 0.3) is 0 Å². The summed E-state index contributed by atoms with van der Waals surface area (Å²) in [5, 5.41) is 3.39. The van der Waals surface area contributed by atoms with Gasteiger partial charge in [-0.2, -0.15) is 0 Å². The van der Waals surface area contributed by atoms with Gasteiger partial charge in [0.25, 0.3) is 0 Å². The first-order valence-corrected chi connectivity index (χ1v) is 6.19. The van der Waals surface area contributed by atoms with E-state index in [1.54, 1.807) is 0 Å². The molecule has 0 unspecified atom stereocenters. The summed E-state index contributed by atoms with van der Waals surface area (Å²) in [5.74, 6) is 0.647. The van der Waals surface area contributed by atoms with Crippen molar-refractivity contribution >= 4 is 12.4 Å². The molecule has 0 bridgehead atoms. The third-order valence-electron chi connectivity index (χ3n) is 2.97. The normalized spacial score (nSPS) is 17.8. The summed E-state index contributed by atoms with van der Waals surface area (Å²) < 4.78 is 5.60. The highest BCUT2D eigenvalue weighted by atomic mass is 35.5. The topological polar surface area (TPSA) is 24.5 Å². The van der Waals surface area contributed by atoms with E-state index in [0.717, 1.165) is 25.8 Å². The Morgan fingerprint density at radius 1 is 1.31 bits per heavy atom. The highest BCUT2D eigenvalue weighted by Crippen LogP contribution is 2.09. The van der Waals surface area contributed by atoms with Crippen molar-refractivity contribution in [3.05, 3.63) is 0 Å². The van der Waals surface area contributed by atoms with Gasteiger partial charge in [-0.3, -0.25) is 0 Å². The van der Waals surface area contributed by atoms with Gasteiger partial charge in [0, 0.05) is 19.2 Å². The van der Waals surface area contributed by atoms with Crippen molar-refractivity contribution in [2.75, 3.05) is 39.9 Å². The molecule has 0 radical (unpaired) electrons. The van der Waals surface area contributed by atoms with Gasteiger partial charge in [0.15, 0.2) is 0 Å². The van der Waals surface area contributed by atoms with Gasteiger partial charge in [-0.25, -0.2) is 0 Å². The molecule has 0 saturated carbocycles. The van der Waals surface area contributed by atoms with Crippen LogP contribution in [0.4, 0.5) is 0 Å². The minimum atomic E-state index is 0. The van der Waals surface area contributed by atoms with E-state index in [2.05, 4.69) is 31.1 Å². The first-order valence-electron chi connectivity index (χ1n) is 6.19. The molecule has 98 valence electrons. The minimum Gasteiger partial charge on any atom is -0.380 e. The van der Waals surface area contributed by atoms with Crippen LogP contribution in [-0.4, -0.2) is 50.8 Å². The molecule has 0 amide bonds. The number of ether oxygens (including phenoxy) is 1. The molecule has 0 aromatic carbocycles. The highest BCUT2D eigenvalue weighted by Gasteiger charge is 2.16. The number of hydrogen-bond acceptors (Lipinski definition) is 3. The van der Waals surface area contributed by atoms with Crippen LogP contribution in [0.3, 0.4) is 0 Å². The van der Waals surface area contributed by atoms with Crippen molar-refractivity contribution in [2.45, 2.75) is 32.7 Å². The van der Waals surface area contributed by atoms with Crippen LogP contribution < -0.4 is 5.32 Å². The fourth-order valence-electron chi connectivity index (χ4n) is 1.96. The van der Waals surface area contributed by atoms with Crippen LogP contribution in [0.1, 0.15) is 26.7 Å². The van der Waals surface area contributed by atoms with Gasteiger partial charge in [0.1, 0.15) is 0 Å². The molecule has 0 aromatic rings. The van der Waals surface area contributed by atoms with Crippen LogP contribution in [0.2, 0.25) is 0 Å². The van der Waals surface area contributed by atoms with E-state index in [4.69, 9.17) is 4.74 Å². The van der Waals surface area contributed by atoms with Gasteiger partial charge in [-0.1, -0.05) is 13.8 Å². The van der Waals surface area contributed by atoms with Gasteiger partial charge in [-0.05, 0) is 38.9 Å². The Hall–Kier alpha value is 0.170. The van der Waals surface area contributed by atoms with E-state index in [9.17, 15) is 0 Å². The molecule has 1 aliphatic heterocycles. The van der Waals surface area contributed by atoms with Gasteiger partial charge in [-0.15, -0.1) is 12.4 Å². The lowest BCUT2D eigenvalue weighted by molar-refractivity contribution is 0.0762. The molecule has 0 aromatic heterocycles. The van der Waals surface area contributed by atoms with Crippen molar-refractivity contribution in [3.8, 4) is 0 Å². The summed E-state index contributed by atoms with van der Waals surface area (Å²) in [7, 11) is 2.22. The highest BCUT2D eigenvalue weighted by molar-refractivity contribution is 5.85. The Morgan fingerprint density at radius 2 is 1.94 bits per heavy atom. The van der Waals surface area contributed by atoms with E-state index in [0.29, 0.717) is 5.92 Å². The van der Waals surface area contributed by atoms with Gasteiger partial charge in [0.05, 0.1) is 6.61 Å². The Morgan fingerprint density at radius 3 is 2.50 bits per heavy atom. The quantitative estimate of drug-likeness (QED) is 0.728. The van der Waals surface area contributed by atoms with E-state index < -0.39 is 0 Å². The summed E-state index contributed by atoms with van der Waals surface area (Å²) in [6, 6.07) is 0.758. The smallest absolute Gasteiger partial charge is 0.0593 e. The van der Waals surface area contributed by atoms with Crippen molar-refractivity contribution in [2.24, 2.45) is 5.92 Å². The second kappa shape index (κ2) is 9.23. The van der Waals surface area contributed by atoms with Crippen molar-refractivity contribution in [1.82, 2.24) is 10.2 Å². The fraction of sp³-hybridized carbons (Fsp3) is 1.00. The van der Waals surface area contributed by atoms with Crippen LogP contribution in [0.15, 0.2) is 0 Å². The molecule has 0 spiro atoms. The maximum absolute atomic E-state index is 5.60. The molecule has 1 rings (SSSR count). The van der Waals surface area contributed by atoms with Crippen molar-refractivity contribution in [3.63, 3.8) is 0 Å². The number of hydrogen-bond donors (Lipinski definition) is 1. The Bertz CT molecular complexity index is 161. The summed E-state index contributed by atoms with van der Waals surface area (Å²) in [4.78, 5) is 2.45. The Labute approximate surface area is 106 Å². The van der Waals surface area contributed by atoms with Crippen LogP contribution >= 0.6 is 12.4 Å². The SMILES string of the molecule is CC(C)COCCN(C)C1CCNCC1.Cl. The van der Waals surface area contributed by atoms with Gasteiger partial charge >= 0.3 is 0 Å². The van der Waals surface area contributed by atoms with Gasteiger partial charge < -0.3 is 15.0 Å². The standard InChI is InChI=1S/C12H26N2O.ClH/c1-11(2)10-15-9-8-14(3)12-4-6-13-7-5-12;/h11-13H,4-10H2,1-3H3;1H. The number of piperidine rings is 1. The number of nitrogens with one attached hydrogen (secondary N) is 1. The van der Waals surface area contributed by atoms with E-state index in [1.807, 2.05) is 0 Å². The van der Waals surface area contributed by atoms with E-state index >= 15 is 0 Å². The molecular weight excluding hydrogens is 224 g/mol. The zero-order chi connectivity index (χ0) is 11.1. The number of likely N-dealkylation sites (N-methyl/N-ethyl adjacent to an activating group) is 1. The van der Waals surface area contributed by atoms with Crippen molar-refractivity contribution < 1.29 is 4.74 Å². The molecule has 3 nitrogen and oxygen atoms in total. The number of halogens is 1. The first kappa shape index (κ1) is 16.2. The average molecular weight is 251 g/mol. The molecule has 1 saturated heterocycles. The summed E-state index contributed by atoms with van der Waals surface area (Å²) in [6.45, 7) is 9.55. The zero-order valence-corrected chi connectivity index (χ0v) is 11.7. The predicted octanol–water partition coefficient (Wildman–Crippen LogP) is 1.76. The average Bonchev–Trinajstić information content (AvgIpc) is 2.25. The summed E-state index contributed by atoms with van der Waals surface area (Å²) in [5.41, 5.74) is 0. The molecule has 0 atom stereocenters. The van der Waals surface area contributed by atoms with E-state index in [-0.39, 0.29) is 12.4 Å². The third-order valence-corrected chi connectivity index (χ3v) is 2.97. The maximum Gasteiger partial charge on any atom is 0.0593 e. The van der Waals surface area contributed by atoms with Crippen LogP contribution in [-0.2, 0) is 4.74 Å². The summed E-state index contributed by atoms with van der Waals surface area (Å²) in [6.07, 6.45) is 2.56. The number of nitrogens with zero attached hydrogens (tertiary/aromatic N) is 1. The molecule has 16 heavy (non-hydrogen) atoms. The molecule has 1 heterocycles. The van der Waals surface area contributed by atoms with E-state index in [1.165, 1.54) is 25.9 Å². The first-order chi connectivity index (χ1) is 7.20. The Kier molecular flexibility index (Phi) is 9.32. The second-order valence-corrected chi connectivity index (χ2v) is 4.93. The monoisotopic (exact) mass is 250 g/mol. The second-order valence-electron chi connectivity index (χ2n) is 4.93.